The van der Waals surface area contributed by atoms with Gasteiger partial charge in [-0.05, 0) is 48.0 Å². The maximum Gasteiger partial charge on any atom is 0.416 e. The van der Waals surface area contributed by atoms with E-state index in [1.54, 1.807) is 30.3 Å². The number of carbonyl (C=O) groups is 1. The van der Waals surface area contributed by atoms with Gasteiger partial charge >= 0.3 is 6.18 Å². The summed E-state index contributed by atoms with van der Waals surface area (Å²) in [7, 11) is -4.45. The van der Waals surface area contributed by atoms with E-state index < -0.39 is 39.9 Å². The highest BCUT2D eigenvalue weighted by atomic mass is 79.9. The number of halogens is 5. The minimum absolute atomic E-state index is 0.228. The number of nitrogens with zero attached hydrogens (tertiary/aromatic N) is 2. The molecular weight excluding hydrogens is 559 g/mol. The number of hydrogen-bond acceptors (Lipinski definition) is 4. The number of hydrogen-bond donors (Lipinski definition) is 1. The number of sulfonamides is 1. The average Bonchev–Trinajstić information content (AvgIpc) is 2.78. The number of nitrogens with one attached hydrogen (secondary N) is 1. The minimum Gasteiger partial charge on any atom is -0.271 e. The molecule has 0 atom stereocenters. The minimum atomic E-state index is -4.75. The first-order valence-corrected chi connectivity index (χ1v) is 12.1. The van der Waals surface area contributed by atoms with Gasteiger partial charge in [0.15, 0.2) is 0 Å². The molecule has 12 heteroatoms. The van der Waals surface area contributed by atoms with Gasteiger partial charge in [0.2, 0.25) is 0 Å². The summed E-state index contributed by atoms with van der Waals surface area (Å²) < 4.78 is 67.7. The normalized spacial score (nSPS) is 12.0. The number of benzene rings is 3. The molecule has 0 saturated heterocycles. The van der Waals surface area contributed by atoms with Gasteiger partial charge in [-0.3, -0.25) is 9.10 Å². The zero-order chi connectivity index (χ0) is 24.9. The molecule has 0 aliphatic carbocycles. The zero-order valence-electron chi connectivity index (χ0n) is 17.1. The van der Waals surface area contributed by atoms with Crippen molar-refractivity contribution in [1.29, 1.82) is 0 Å². The van der Waals surface area contributed by atoms with E-state index in [2.05, 4.69) is 26.5 Å². The summed E-state index contributed by atoms with van der Waals surface area (Å²) in [6.45, 7) is -0.867. The highest BCUT2D eigenvalue weighted by Crippen LogP contribution is 2.37. The van der Waals surface area contributed by atoms with E-state index in [0.717, 1.165) is 16.6 Å². The van der Waals surface area contributed by atoms with Crippen LogP contribution in [0.25, 0.3) is 0 Å². The van der Waals surface area contributed by atoms with Crippen LogP contribution in [-0.2, 0) is 21.0 Å². The summed E-state index contributed by atoms with van der Waals surface area (Å²) in [5.41, 5.74) is 1.21. The fourth-order valence-electron chi connectivity index (χ4n) is 2.83. The molecule has 0 aliphatic heterocycles. The van der Waals surface area contributed by atoms with Crippen molar-refractivity contribution in [3.05, 3.63) is 93.4 Å². The Morgan fingerprint density at radius 3 is 2.41 bits per heavy atom. The van der Waals surface area contributed by atoms with E-state index in [0.29, 0.717) is 15.9 Å². The van der Waals surface area contributed by atoms with Crippen LogP contribution in [0.15, 0.2) is 87.3 Å². The first-order valence-electron chi connectivity index (χ1n) is 9.50. The molecule has 3 aromatic rings. The first-order chi connectivity index (χ1) is 16.0. The van der Waals surface area contributed by atoms with Crippen molar-refractivity contribution in [2.75, 3.05) is 10.8 Å². The summed E-state index contributed by atoms with van der Waals surface area (Å²) in [6, 6.07) is 16.2. The van der Waals surface area contributed by atoms with Crippen LogP contribution < -0.4 is 9.73 Å². The molecular formula is C22H16BrClF3N3O3S. The van der Waals surface area contributed by atoms with Crippen LogP contribution in [0.2, 0.25) is 5.02 Å². The number of alkyl halides is 3. The van der Waals surface area contributed by atoms with E-state index in [-0.39, 0.29) is 9.92 Å². The Morgan fingerprint density at radius 1 is 1.06 bits per heavy atom. The van der Waals surface area contributed by atoms with Crippen LogP contribution >= 0.6 is 27.5 Å². The third-order valence-electron chi connectivity index (χ3n) is 4.41. The van der Waals surface area contributed by atoms with Crippen molar-refractivity contribution in [2.45, 2.75) is 11.1 Å². The van der Waals surface area contributed by atoms with Gasteiger partial charge < -0.3 is 0 Å². The van der Waals surface area contributed by atoms with E-state index in [1.807, 2.05) is 0 Å². The van der Waals surface area contributed by atoms with Gasteiger partial charge in [-0.2, -0.15) is 18.3 Å². The molecule has 178 valence electrons. The second-order valence-electron chi connectivity index (χ2n) is 6.84. The molecule has 0 aromatic heterocycles. The Labute approximate surface area is 207 Å². The second-order valence-corrected chi connectivity index (χ2v) is 10.0. The standard InChI is InChI=1S/C22H16BrClF3N3O3S/c23-17-6-4-5-15(11-17)13-28-29-21(31)14-30(34(32,33)18-7-2-1-3-8-18)20-12-16(22(25,26)27)9-10-19(20)24/h1-13H,14H2,(H,29,31)/b28-13-. The molecule has 1 N–H and O–H groups in total. The summed E-state index contributed by atoms with van der Waals surface area (Å²) in [5, 5.41) is 3.50. The fraction of sp³-hybridized carbons (Fsp3) is 0.0909. The summed E-state index contributed by atoms with van der Waals surface area (Å²) >= 11 is 9.38. The molecule has 0 unspecified atom stereocenters. The van der Waals surface area contributed by atoms with E-state index in [1.165, 1.54) is 30.5 Å². The number of anilines is 1. The second kappa shape index (κ2) is 10.6. The van der Waals surface area contributed by atoms with Crippen molar-refractivity contribution in [2.24, 2.45) is 5.10 Å². The lowest BCUT2D eigenvalue weighted by atomic mass is 10.2. The Morgan fingerprint density at radius 2 is 1.76 bits per heavy atom. The van der Waals surface area contributed by atoms with Gasteiger partial charge in [-0.1, -0.05) is 57.9 Å². The first kappa shape index (κ1) is 25.7. The predicted octanol–water partition coefficient (Wildman–Crippen LogP) is 5.47. The smallest absolute Gasteiger partial charge is 0.271 e. The monoisotopic (exact) mass is 573 g/mol. The van der Waals surface area contributed by atoms with Crippen molar-refractivity contribution in [1.82, 2.24) is 5.43 Å². The zero-order valence-corrected chi connectivity index (χ0v) is 20.3. The fourth-order valence-corrected chi connectivity index (χ4v) is 4.97. The largest absolute Gasteiger partial charge is 0.416 e. The van der Waals surface area contributed by atoms with Crippen molar-refractivity contribution >= 4 is 55.4 Å². The van der Waals surface area contributed by atoms with Gasteiger partial charge in [-0.25, -0.2) is 13.8 Å². The molecule has 0 aliphatic rings. The van der Waals surface area contributed by atoms with Gasteiger partial charge in [0.1, 0.15) is 6.54 Å². The molecule has 0 saturated carbocycles. The summed E-state index contributed by atoms with van der Waals surface area (Å²) in [4.78, 5) is 12.3. The predicted molar refractivity (Wildman–Crippen MR) is 127 cm³/mol. The highest BCUT2D eigenvalue weighted by molar-refractivity contribution is 9.10. The Kier molecular flexibility index (Phi) is 8.01. The van der Waals surface area contributed by atoms with Crippen LogP contribution in [0, 0.1) is 0 Å². The molecule has 0 radical (unpaired) electrons. The quantitative estimate of drug-likeness (QED) is 0.300. The Balaban J connectivity index is 1.95. The molecule has 34 heavy (non-hydrogen) atoms. The number of carbonyl (C=O) groups excluding carboxylic acids is 1. The van der Waals surface area contributed by atoms with Crippen LogP contribution in [-0.4, -0.2) is 27.1 Å². The lowest BCUT2D eigenvalue weighted by Crippen LogP contribution is -2.40. The van der Waals surface area contributed by atoms with E-state index in [4.69, 9.17) is 11.6 Å². The maximum absolute atomic E-state index is 13.3. The summed E-state index contributed by atoms with van der Waals surface area (Å²) in [6.07, 6.45) is -3.42. The maximum atomic E-state index is 13.3. The van der Waals surface area contributed by atoms with Gasteiger partial charge in [0.25, 0.3) is 15.9 Å². The third-order valence-corrected chi connectivity index (χ3v) is 7.00. The molecule has 0 fully saturated rings. The van der Waals surface area contributed by atoms with Crippen LogP contribution in [0.5, 0.6) is 0 Å². The summed E-state index contributed by atoms with van der Waals surface area (Å²) in [5.74, 6) is -0.890. The molecule has 6 nitrogen and oxygen atoms in total. The number of amides is 1. The average molecular weight is 575 g/mol. The third kappa shape index (κ3) is 6.37. The van der Waals surface area contributed by atoms with Gasteiger partial charge in [-0.15, -0.1) is 0 Å². The van der Waals surface area contributed by atoms with Gasteiger partial charge in [0, 0.05) is 4.47 Å². The number of hydrazone groups is 1. The molecule has 0 spiro atoms. The lowest BCUT2D eigenvalue weighted by molar-refractivity contribution is -0.137. The molecule has 3 aromatic carbocycles. The number of rotatable bonds is 7. The topological polar surface area (TPSA) is 78.8 Å². The van der Waals surface area contributed by atoms with Crippen molar-refractivity contribution < 1.29 is 26.4 Å². The van der Waals surface area contributed by atoms with Crippen LogP contribution in [0.1, 0.15) is 11.1 Å². The molecule has 0 bridgehead atoms. The SMILES string of the molecule is O=C(CN(c1cc(C(F)(F)F)ccc1Cl)S(=O)(=O)c1ccccc1)N/N=C\c1cccc(Br)c1. The molecule has 3 rings (SSSR count). The molecule has 1 amide bonds. The van der Waals surface area contributed by atoms with E-state index in [9.17, 15) is 26.4 Å². The highest BCUT2D eigenvalue weighted by Gasteiger charge is 2.34. The van der Waals surface area contributed by atoms with Crippen LogP contribution in [0.3, 0.4) is 0 Å². The van der Waals surface area contributed by atoms with Gasteiger partial charge in [0.05, 0.1) is 27.4 Å². The lowest BCUT2D eigenvalue weighted by Gasteiger charge is -2.25. The van der Waals surface area contributed by atoms with E-state index >= 15 is 0 Å². The van der Waals surface area contributed by atoms with Crippen LogP contribution in [0.4, 0.5) is 18.9 Å². The van der Waals surface area contributed by atoms with Crippen molar-refractivity contribution in [3.63, 3.8) is 0 Å². The van der Waals surface area contributed by atoms with Crippen molar-refractivity contribution in [3.8, 4) is 0 Å². The molecule has 0 heterocycles. The Hall–Kier alpha value is -2.89. The Bertz CT molecular complexity index is 1320.